The van der Waals surface area contributed by atoms with Crippen LogP contribution >= 0.6 is 0 Å². The number of carbonyl (C=O) groups is 1. The highest BCUT2D eigenvalue weighted by Crippen LogP contribution is 2.14. The van der Waals surface area contributed by atoms with Crippen molar-refractivity contribution in [2.24, 2.45) is 0 Å². The van der Waals surface area contributed by atoms with E-state index in [1.165, 1.54) is 12.5 Å². The van der Waals surface area contributed by atoms with Gasteiger partial charge in [-0.2, -0.15) is 0 Å². The SMILES string of the molecule is COC(=O)C(C)NCc1ccc2cc[nH]c2c1. The molecular formula is C13H16N2O2. The summed E-state index contributed by atoms with van der Waals surface area (Å²) in [5.41, 5.74) is 2.24. The van der Waals surface area contributed by atoms with E-state index in [-0.39, 0.29) is 12.0 Å². The molecule has 0 bridgehead atoms. The number of H-pyrrole nitrogens is 1. The second kappa shape index (κ2) is 5.01. The van der Waals surface area contributed by atoms with Crippen LogP contribution in [-0.4, -0.2) is 24.1 Å². The third-order valence-corrected chi connectivity index (χ3v) is 2.79. The Hall–Kier alpha value is -1.81. The Kier molecular flexibility index (Phi) is 3.44. The third-order valence-electron chi connectivity index (χ3n) is 2.79. The molecule has 0 aliphatic rings. The van der Waals surface area contributed by atoms with Crippen molar-refractivity contribution < 1.29 is 9.53 Å². The van der Waals surface area contributed by atoms with Crippen molar-refractivity contribution in [1.82, 2.24) is 10.3 Å². The molecule has 17 heavy (non-hydrogen) atoms. The lowest BCUT2D eigenvalue weighted by molar-refractivity contribution is -0.142. The molecule has 2 rings (SSSR count). The third kappa shape index (κ3) is 2.65. The largest absolute Gasteiger partial charge is 0.468 e. The first-order valence-corrected chi connectivity index (χ1v) is 5.58. The average molecular weight is 232 g/mol. The van der Waals surface area contributed by atoms with E-state index in [4.69, 9.17) is 0 Å². The first-order valence-electron chi connectivity index (χ1n) is 5.58. The number of nitrogens with one attached hydrogen (secondary N) is 2. The van der Waals surface area contributed by atoms with Crippen LogP contribution < -0.4 is 5.32 Å². The Labute approximate surface area is 100.0 Å². The second-order valence-electron chi connectivity index (χ2n) is 4.03. The number of rotatable bonds is 4. The van der Waals surface area contributed by atoms with Gasteiger partial charge in [-0.25, -0.2) is 0 Å². The molecule has 0 fully saturated rings. The van der Waals surface area contributed by atoms with Crippen LogP contribution in [0.1, 0.15) is 12.5 Å². The average Bonchev–Trinajstić information content (AvgIpc) is 2.82. The Morgan fingerprint density at radius 2 is 2.29 bits per heavy atom. The molecule has 0 spiro atoms. The van der Waals surface area contributed by atoms with Gasteiger partial charge in [-0.05, 0) is 30.0 Å². The summed E-state index contributed by atoms with van der Waals surface area (Å²) in [6.45, 7) is 2.43. The zero-order valence-electron chi connectivity index (χ0n) is 9.99. The fourth-order valence-electron chi connectivity index (χ4n) is 1.74. The molecule has 0 aliphatic carbocycles. The normalized spacial score (nSPS) is 12.6. The summed E-state index contributed by atoms with van der Waals surface area (Å²) in [5, 5.41) is 4.31. The Bertz CT molecular complexity index is 519. The number of hydrogen-bond donors (Lipinski definition) is 2. The lowest BCUT2D eigenvalue weighted by Gasteiger charge is -2.11. The topological polar surface area (TPSA) is 54.1 Å². The standard InChI is InChI=1S/C13H16N2O2/c1-9(13(16)17-2)15-8-10-3-4-11-5-6-14-12(11)7-10/h3-7,9,14-15H,8H2,1-2H3. The molecule has 2 N–H and O–H groups in total. The Morgan fingerprint density at radius 3 is 3.06 bits per heavy atom. The van der Waals surface area contributed by atoms with Gasteiger partial charge in [0, 0.05) is 18.3 Å². The molecule has 0 radical (unpaired) electrons. The van der Waals surface area contributed by atoms with E-state index in [0.717, 1.165) is 11.1 Å². The molecule has 4 heteroatoms. The molecule has 0 saturated carbocycles. The molecule has 1 unspecified atom stereocenters. The zero-order valence-corrected chi connectivity index (χ0v) is 9.99. The zero-order chi connectivity index (χ0) is 12.3. The number of hydrogen-bond acceptors (Lipinski definition) is 3. The maximum atomic E-state index is 11.2. The lowest BCUT2D eigenvalue weighted by atomic mass is 10.1. The van der Waals surface area contributed by atoms with Crippen molar-refractivity contribution in [1.29, 1.82) is 0 Å². The number of fused-ring (bicyclic) bond motifs is 1. The summed E-state index contributed by atoms with van der Waals surface area (Å²) < 4.78 is 4.65. The fraction of sp³-hybridized carbons (Fsp3) is 0.308. The van der Waals surface area contributed by atoms with Gasteiger partial charge in [-0.3, -0.25) is 4.79 Å². The number of carbonyl (C=O) groups excluding carboxylic acids is 1. The van der Waals surface area contributed by atoms with Crippen molar-refractivity contribution in [2.45, 2.75) is 19.5 Å². The highest BCUT2D eigenvalue weighted by Gasteiger charge is 2.11. The van der Waals surface area contributed by atoms with Crippen LogP contribution in [0.15, 0.2) is 30.5 Å². The predicted molar refractivity (Wildman–Crippen MR) is 66.6 cm³/mol. The van der Waals surface area contributed by atoms with Crippen molar-refractivity contribution >= 4 is 16.9 Å². The number of benzene rings is 1. The number of aromatic nitrogens is 1. The number of aromatic amines is 1. The first-order chi connectivity index (χ1) is 8.20. The van der Waals surface area contributed by atoms with E-state index in [1.807, 2.05) is 18.3 Å². The molecule has 1 heterocycles. The predicted octanol–water partition coefficient (Wildman–Crippen LogP) is 1.82. The molecule has 1 atom stereocenters. The first kappa shape index (κ1) is 11.7. The maximum Gasteiger partial charge on any atom is 0.322 e. The molecule has 0 amide bonds. The van der Waals surface area contributed by atoms with Crippen LogP contribution in [0.2, 0.25) is 0 Å². The maximum absolute atomic E-state index is 11.2. The van der Waals surface area contributed by atoms with Crippen molar-refractivity contribution in [3.05, 3.63) is 36.0 Å². The Morgan fingerprint density at radius 1 is 1.47 bits per heavy atom. The van der Waals surface area contributed by atoms with Gasteiger partial charge in [-0.15, -0.1) is 0 Å². The van der Waals surface area contributed by atoms with E-state index in [9.17, 15) is 4.79 Å². The van der Waals surface area contributed by atoms with Gasteiger partial charge in [0.15, 0.2) is 0 Å². The summed E-state index contributed by atoms with van der Waals surface area (Å²) in [4.78, 5) is 14.4. The van der Waals surface area contributed by atoms with E-state index >= 15 is 0 Å². The summed E-state index contributed by atoms with van der Waals surface area (Å²) >= 11 is 0. The molecule has 4 nitrogen and oxygen atoms in total. The van der Waals surface area contributed by atoms with Gasteiger partial charge in [0.2, 0.25) is 0 Å². The van der Waals surface area contributed by atoms with Crippen LogP contribution in [0.4, 0.5) is 0 Å². The lowest BCUT2D eigenvalue weighted by Crippen LogP contribution is -2.34. The monoisotopic (exact) mass is 232 g/mol. The minimum absolute atomic E-state index is 0.244. The van der Waals surface area contributed by atoms with Gasteiger partial charge < -0.3 is 15.0 Å². The molecule has 2 aromatic rings. The number of ether oxygens (including phenoxy) is 1. The van der Waals surface area contributed by atoms with Crippen molar-refractivity contribution in [3.63, 3.8) is 0 Å². The van der Waals surface area contributed by atoms with Gasteiger partial charge >= 0.3 is 5.97 Å². The van der Waals surface area contributed by atoms with Crippen LogP contribution in [0.25, 0.3) is 10.9 Å². The Balaban J connectivity index is 2.01. The summed E-state index contributed by atoms with van der Waals surface area (Å²) in [7, 11) is 1.39. The van der Waals surface area contributed by atoms with E-state index in [2.05, 4.69) is 27.2 Å². The molecule has 0 aliphatic heterocycles. The van der Waals surface area contributed by atoms with Crippen molar-refractivity contribution in [2.75, 3.05) is 7.11 Å². The van der Waals surface area contributed by atoms with E-state index in [1.54, 1.807) is 6.92 Å². The van der Waals surface area contributed by atoms with Gasteiger partial charge in [0.1, 0.15) is 6.04 Å². The van der Waals surface area contributed by atoms with Crippen LogP contribution in [0.5, 0.6) is 0 Å². The highest BCUT2D eigenvalue weighted by molar-refractivity contribution is 5.80. The number of methoxy groups -OCH3 is 1. The fourth-order valence-corrected chi connectivity index (χ4v) is 1.74. The quantitative estimate of drug-likeness (QED) is 0.791. The molecule has 1 aromatic heterocycles. The van der Waals surface area contributed by atoms with Crippen LogP contribution in [0, 0.1) is 0 Å². The molecule has 90 valence electrons. The smallest absolute Gasteiger partial charge is 0.322 e. The highest BCUT2D eigenvalue weighted by atomic mass is 16.5. The van der Waals surface area contributed by atoms with Crippen molar-refractivity contribution in [3.8, 4) is 0 Å². The van der Waals surface area contributed by atoms with Crippen LogP contribution in [-0.2, 0) is 16.1 Å². The van der Waals surface area contributed by atoms with Gasteiger partial charge in [-0.1, -0.05) is 12.1 Å². The van der Waals surface area contributed by atoms with E-state index < -0.39 is 0 Å². The van der Waals surface area contributed by atoms with Gasteiger partial charge in [0.05, 0.1) is 7.11 Å². The minimum atomic E-state index is -0.292. The minimum Gasteiger partial charge on any atom is -0.468 e. The summed E-state index contributed by atoms with van der Waals surface area (Å²) in [5.74, 6) is -0.244. The summed E-state index contributed by atoms with van der Waals surface area (Å²) in [6.07, 6.45) is 1.92. The van der Waals surface area contributed by atoms with E-state index in [0.29, 0.717) is 6.54 Å². The van der Waals surface area contributed by atoms with Gasteiger partial charge in [0.25, 0.3) is 0 Å². The number of esters is 1. The molecule has 1 aromatic carbocycles. The molecule has 0 saturated heterocycles. The van der Waals surface area contributed by atoms with Crippen LogP contribution in [0.3, 0.4) is 0 Å². The summed E-state index contributed by atoms with van der Waals surface area (Å²) in [6, 6.07) is 7.92. The molecular weight excluding hydrogens is 216 g/mol. The second-order valence-corrected chi connectivity index (χ2v) is 4.03.